The predicted molar refractivity (Wildman–Crippen MR) is 94.1 cm³/mol. The van der Waals surface area contributed by atoms with Gasteiger partial charge < -0.3 is 9.80 Å². The summed E-state index contributed by atoms with van der Waals surface area (Å²) < 4.78 is 0. The summed E-state index contributed by atoms with van der Waals surface area (Å²) in [5.41, 5.74) is 0.0235. The van der Waals surface area contributed by atoms with Gasteiger partial charge >= 0.3 is 0 Å². The molecular weight excluding hydrogens is 326 g/mol. The van der Waals surface area contributed by atoms with Crippen molar-refractivity contribution in [3.63, 3.8) is 0 Å². The molecule has 0 saturated carbocycles. The van der Waals surface area contributed by atoms with E-state index in [1.54, 1.807) is 0 Å². The second-order valence-corrected chi connectivity index (χ2v) is 6.77. The number of non-ortho nitro benzene ring substituents is 1. The summed E-state index contributed by atoms with van der Waals surface area (Å²) in [6.45, 7) is 5.31. The van der Waals surface area contributed by atoms with E-state index < -0.39 is 9.85 Å². The molecule has 0 spiro atoms. The van der Waals surface area contributed by atoms with Crippen molar-refractivity contribution < 1.29 is 9.85 Å². The van der Waals surface area contributed by atoms with Crippen LogP contribution in [0, 0.1) is 20.2 Å². The van der Waals surface area contributed by atoms with E-state index in [4.69, 9.17) is 0 Å². The fourth-order valence-corrected chi connectivity index (χ4v) is 3.80. The van der Waals surface area contributed by atoms with Crippen LogP contribution in [0.25, 0.3) is 0 Å². The molecule has 9 nitrogen and oxygen atoms in total. The van der Waals surface area contributed by atoms with Gasteiger partial charge in [0, 0.05) is 44.8 Å². The Morgan fingerprint density at radius 3 is 2.36 bits per heavy atom. The lowest BCUT2D eigenvalue weighted by Crippen LogP contribution is -2.54. The van der Waals surface area contributed by atoms with Crippen LogP contribution in [-0.2, 0) is 0 Å². The van der Waals surface area contributed by atoms with Crippen molar-refractivity contribution in [3.8, 4) is 0 Å². The third-order valence-corrected chi connectivity index (χ3v) is 5.14. The van der Waals surface area contributed by atoms with Crippen LogP contribution in [0.2, 0.25) is 0 Å². The Morgan fingerprint density at radius 1 is 1.04 bits per heavy atom. The minimum Gasteiger partial charge on any atom is -0.363 e. The maximum atomic E-state index is 11.3. The summed E-state index contributed by atoms with van der Waals surface area (Å²) in [4.78, 5) is 27.8. The monoisotopic (exact) mass is 349 g/mol. The molecule has 25 heavy (non-hydrogen) atoms. The molecule has 2 heterocycles. The lowest BCUT2D eigenvalue weighted by Gasteiger charge is -2.43. The maximum absolute atomic E-state index is 11.3. The first-order valence-corrected chi connectivity index (χ1v) is 8.56. The van der Waals surface area contributed by atoms with Crippen molar-refractivity contribution in [2.24, 2.45) is 0 Å². The number of likely N-dealkylation sites (N-methyl/N-ethyl adjacent to an activating group) is 1. The number of nitro benzene ring substituents is 2. The molecule has 2 saturated heterocycles. The molecule has 0 aromatic heterocycles. The average Bonchev–Trinajstić information content (AvgIpc) is 2.61. The summed E-state index contributed by atoms with van der Waals surface area (Å²) in [6.07, 6.45) is 2.40. The van der Waals surface area contributed by atoms with E-state index in [0.717, 1.165) is 32.2 Å². The molecule has 1 aromatic carbocycles. The number of likely N-dealkylation sites (tertiary alicyclic amines) is 1. The normalized spacial score (nSPS) is 22.8. The highest BCUT2D eigenvalue weighted by atomic mass is 16.6. The molecular formula is C16H23N5O4. The van der Waals surface area contributed by atoms with Crippen LogP contribution in [0.3, 0.4) is 0 Å². The van der Waals surface area contributed by atoms with Crippen molar-refractivity contribution in [1.29, 1.82) is 0 Å². The smallest absolute Gasteiger partial charge is 0.299 e. The number of rotatable bonds is 4. The number of piperidine rings is 1. The zero-order chi connectivity index (χ0) is 18.0. The van der Waals surface area contributed by atoms with Gasteiger partial charge in [-0.3, -0.25) is 25.1 Å². The van der Waals surface area contributed by atoms with E-state index >= 15 is 0 Å². The summed E-state index contributed by atoms with van der Waals surface area (Å²) in [5.74, 6) is 0. The lowest BCUT2D eigenvalue weighted by molar-refractivity contribution is -0.393. The van der Waals surface area contributed by atoms with Gasteiger partial charge in [0.15, 0.2) is 0 Å². The first kappa shape index (κ1) is 17.6. The molecule has 0 radical (unpaired) electrons. The molecule has 0 aliphatic carbocycles. The molecule has 0 bridgehead atoms. The first-order valence-electron chi connectivity index (χ1n) is 8.56. The molecule has 9 heteroatoms. The minimum absolute atomic E-state index is 0.194. The standard InChI is InChI=1S/C16H23N5O4/c1-17-6-2-3-14(12-17)18-7-9-19(10-8-18)15-5-4-13(20(22)23)11-16(15)21(24)25/h4-5,11,14H,2-3,6-10,12H2,1H3. The molecule has 1 unspecified atom stereocenters. The number of anilines is 1. The van der Waals surface area contributed by atoms with Crippen molar-refractivity contribution in [2.75, 3.05) is 51.2 Å². The van der Waals surface area contributed by atoms with Crippen molar-refractivity contribution in [1.82, 2.24) is 9.80 Å². The topological polar surface area (TPSA) is 96.0 Å². The maximum Gasteiger partial charge on any atom is 0.299 e. The van der Waals surface area contributed by atoms with Gasteiger partial charge in [-0.05, 0) is 32.5 Å². The zero-order valence-corrected chi connectivity index (χ0v) is 14.3. The summed E-state index contributed by atoms with van der Waals surface area (Å²) in [6, 6.07) is 4.44. The SMILES string of the molecule is CN1CCCC(N2CCN(c3ccc([N+](=O)[O-])cc3[N+](=O)[O-])CC2)C1. The Hall–Kier alpha value is -2.26. The highest BCUT2D eigenvalue weighted by molar-refractivity contribution is 5.67. The molecule has 0 amide bonds. The first-order chi connectivity index (χ1) is 12.0. The number of benzene rings is 1. The van der Waals surface area contributed by atoms with Crippen LogP contribution in [0.1, 0.15) is 12.8 Å². The van der Waals surface area contributed by atoms with Gasteiger partial charge in [0.05, 0.1) is 15.9 Å². The van der Waals surface area contributed by atoms with Crippen LogP contribution in [0.4, 0.5) is 17.1 Å². The van der Waals surface area contributed by atoms with Crippen molar-refractivity contribution in [2.45, 2.75) is 18.9 Å². The number of hydrogen-bond donors (Lipinski definition) is 0. The van der Waals surface area contributed by atoms with Gasteiger partial charge in [-0.2, -0.15) is 0 Å². The Bertz CT molecular complexity index is 660. The summed E-state index contributed by atoms with van der Waals surface area (Å²) in [7, 11) is 2.14. The third kappa shape index (κ3) is 3.88. The second-order valence-electron chi connectivity index (χ2n) is 6.77. The lowest BCUT2D eigenvalue weighted by atomic mass is 10.0. The average molecular weight is 349 g/mol. The molecule has 2 aliphatic rings. The van der Waals surface area contributed by atoms with Gasteiger partial charge in [0.1, 0.15) is 5.69 Å². The number of nitrogens with zero attached hydrogens (tertiary/aromatic N) is 5. The van der Waals surface area contributed by atoms with E-state index in [-0.39, 0.29) is 11.4 Å². The minimum atomic E-state index is -0.603. The van der Waals surface area contributed by atoms with Crippen molar-refractivity contribution >= 4 is 17.1 Å². The fourth-order valence-electron chi connectivity index (χ4n) is 3.80. The molecule has 0 N–H and O–H groups in total. The Balaban J connectivity index is 1.70. The Kier molecular flexibility index (Phi) is 5.14. The van der Waals surface area contributed by atoms with Crippen LogP contribution in [0.15, 0.2) is 18.2 Å². The molecule has 2 aliphatic heterocycles. The summed E-state index contributed by atoms with van der Waals surface area (Å²) in [5, 5.41) is 22.2. The third-order valence-electron chi connectivity index (χ3n) is 5.14. The summed E-state index contributed by atoms with van der Waals surface area (Å²) >= 11 is 0. The molecule has 136 valence electrons. The largest absolute Gasteiger partial charge is 0.363 e. The molecule has 3 rings (SSSR count). The van der Waals surface area contributed by atoms with E-state index in [2.05, 4.69) is 16.8 Å². The van der Waals surface area contributed by atoms with Gasteiger partial charge in [-0.25, -0.2) is 0 Å². The quantitative estimate of drug-likeness (QED) is 0.603. The van der Waals surface area contributed by atoms with Crippen LogP contribution in [0.5, 0.6) is 0 Å². The van der Waals surface area contributed by atoms with Crippen LogP contribution < -0.4 is 4.90 Å². The Morgan fingerprint density at radius 2 is 1.76 bits per heavy atom. The molecule has 2 fully saturated rings. The van der Waals surface area contributed by atoms with Crippen LogP contribution >= 0.6 is 0 Å². The fraction of sp³-hybridized carbons (Fsp3) is 0.625. The zero-order valence-electron chi connectivity index (χ0n) is 14.3. The number of nitro groups is 2. The van der Waals surface area contributed by atoms with Gasteiger partial charge in [-0.1, -0.05) is 0 Å². The van der Waals surface area contributed by atoms with E-state index in [0.29, 0.717) is 24.8 Å². The van der Waals surface area contributed by atoms with Gasteiger partial charge in [-0.15, -0.1) is 0 Å². The van der Waals surface area contributed by atoms with Gasteiger partial charge in [0.25, 0.3) is 11.4 Å². The van der Waals surface area contributed by atoms with Crippen LogP contribution in [-0.4, -0.2) is 72.0 Å². The highest BCUT2D eigenvalue weighted by Crippen LogP contribution is 2.33. The number of piperazine rings is 1. The van der Waals surface area contributed by atoms with E-state index in [1.165, 1.54) is 25.0 Å². The molecule has 1 aromatic rings. The molecule has 1 atom stereocenters. The number of hydrogen-bond acceptors (Lipinski definition) is 7. The Labute approximate surface area is 146 Å². The van der Waals surface area contributed by atoms with E-state index in [1.807, 2.05) is 4.90 Å². The van der Waals surface area contributed by atoms with Gasteiger partial charge in [0.2, 0.25) is 0 Å². The predicted octanol–water partition coefficient (Wildman–Crippen LogP) is 1.72. The van der Waals surface area contributed by atoms with Crippen molar-refractivity contribution in [3.05, 3.63) is 38.4 Å². The van der Waals surface area contributed by atoms with E-state index in [9.17, 15) is 20.2 Å². The highest BCUT2D eigenvalue weighted by Gasteiger charge is 2.30. The second kappa shape index (κ2) is 7.32.